The van der Waals surface area contributed by atoms with Gasteiger partial charge in [0.15, 0.2) is 5.66 Å². The van der Waals surface area contributed by atoms with Crippen LogP contribution in [0.1, 0.15) is 25.3 Å². The Kier molecular flexibility index (Phi) is 6.53. The van der Waals surface area contributed by atoms with Crippen molar-refractivity contribution in [3.05, 3.63) is 59.8 Å². The molecule has 5 N–H and O–H groups in total. The summed E-state index contributed by atoms with van der Waals surface area (Å²) in [4.78, 5) is 4.78. The van der Waals surface area contributed by atoms with Crippen molar-refractivity contribution in [1.82, 2.24) is 10.6 Å². The molecule has 0 aliphatic carbocycles. The van der Waals surface area contributed by atoms with E-state index < -0.39 is 5.66 Å². The largest absolute Gasteiger partial charge is 0.497 e. The number of guanidine groups is 1. The van der Waals surface area contributed by atoms with Crippen LogP contribution in [0.5, 0.6) is 17.2 Å². The maximum atomic E-state index is 6.77. The van der Waals surface area contributed by atoms with Gasteiger partial charge in [0.05, 0.1) is 14.2 Å². The number of hydrogen-bond donors (Lipinski definition) is 4. The fourth-order valence-electron chi connectivity index (χ4n) is 3.83. The highest BCUT2D eigenvalue weighted by atomic mass is 16.5. The first kappa shape index (κ1) is 22.0. The predicted octanol–water partition coefficient (Wildman–Crippen LogP) is 2.92. The average molecular weight is 438 g/mol. The van der Waals surface area contributed by atoms with Crippen LogP contribution in [0.15, 0.2) is 59.2 Å². The Hall–Kier alpha value is -3.23. The number of benzene rings is 2. The molecule has 1 fully saturated rings. The lowest BCUT2D eigenvalue weighted by Crippen LogP contribution is -2.44. The highest BCUT2D eigenvalue weighted by molar-refractivity contribution is 5.95. The van der Waals surface area contributed by atoms with Gasteiger partial charge in [-0.05, 0) is 74.8 Å². The van der Waals surface area contributed by atoms with Crippen LogP contribution in [-0.2, 0) is 5.66 Å². The van der Waals surface area contributed by atoms with Crippen LogP contribution in [-0.4, -0.2) is 39.4 Å². The molecule has 0 spiro atoms. The van der Waals surface area contributed by atoms with Gasteiger partial charge in [0, 0.05) is 23.5 Å². The monoisotopic (exact) mass is 437 g/mol. The molecule has 0 bridgehead atoms. The maximum Gasteiger partial charge on any atom is 0.202 e. The summed E-state index contributed by atoms with van der Waals surface area (Å²) in [5, 5.41) is 9.83. The van der Waals surface area contributed by atoms with E-state index in [1.54, 1.807) is 14.2 Å². The van der Waals surface area contributed by atoms with E-state index in [4.69, 9.17) is 24.9 Å². The van der Waals surface area contributed by atoms with Gasteiger partial charge in [0.1, 0.15) is 23.4 Å². The van der Waals surface area contributed by atoms with E-state index in [1.165, 1.54) is 0 Å². The van der Waals surface area contributed by atoms with Gasteiger partial charge in [-0.15, -0.1) is 0 Å². The number of methoxy groups -OCH3 is 2. The van der Waals surface area contributed by atoms with Crippen LogP contribution in [0.3, 0.4) is 0 Å². The summed E-state index contributed by atoms with van der Waals surface area (Å²) in [6.45, 7) is 3.94. The van der Waals surface area contributed by atoms with Crippen LogP contribution in [0, 0.1) is 0 Å². The molecule has 0 radical (unpaired) electrons. The third-order valence-electron chi connectivity index (χ3n) is 5.81. The first-order valence-electron chi connectivity index (χ1n) is 10.8. The summed E-state index contributed by atoms with van der Waals surface area (Å²) in [6.07, 6.45) is 4.18. The lowest BCUT2D eigenvalue weighted by Gasteiger charge is -2.32. The number of ether oxygens (including phenoxy) is 3. The molecular weight excluding hydrogens is 406 g/mol. The highest BCUT2D eigenvalue weighted by Crippen LogP contribution is 2.35. The van der Waals surface area contributed by atoms with E-state index in [0.29, 0.717) is 17.5 Å². The van der Waals surface area contributed by atoms with Crippen molar-refractivity contribution in [2.24, 2.45) is 10.7 Å². The molecule has 32 heavy (non-hydrogen) atoms. The van der Waals surface area contributed by atoms with Gasteiger partial charge in [-0.2, -0.15) is 0 Å². The lowest BCUT2D eigenvalue weighted by molar-refractivity contribution is 0.162. The molecule has 2 heterocycles. The maximum absolute atomic E-state index is 6.77. The van der Waals surface area contributed by atoms with Crippen molar-refractivity contribution in [3.63, 3.8) is 0 Å². The average Bonchev–Trinajstić information content (AvgIpc) is 2.83. The van der Waals surface area contributed by atoms with E-state index in [9.17, 15) is 0 Å². The van der Waals surface area contributed by atoms with Crippen molar-refractivity contribution in [1.29, 1.82) is 0 Å². The second-order valence-corrected chi connectivity index (χ2v) is 8.02. The second kappa shape index (κ2) is 9.50. The van der Waals surface area contributed by atoms with E-state index in [2.05, 4.69) is 16.0 Å². The number of anilines is 1. The number of rotatable bonds is 6. The Balaban J connectivity index is 1.51. The molecule has 2 aromatic carbocycles. The zero-order valence-electron chi connectivity index (χ0n) is 18.8. The fourth-order valence-corrected chi connectivity index (χ4v) is 3.83. The fraction of sp³-hybridized carbons (Fsp3) is 0.375. The van der Waals surface area contributed by atoms with Crippen LogP contribution in [0.25, 0.3) is 0 Å². The molecule has 2 aliphatic rings. The molecule has 170 valence electrons. The van der Waals surface area contributed by atoms with Crippen LogP contribution < -0.4 is 35.9 Å². The minimum Gasteiger partial charge on any atom is -0.497 e. The Morgan fingerprint density at radius 2 is 1.66 bits per heavy atom. The molecule has 0 amide bonds. The number of hydrogen-bond acceptors (Lipinski definition) is 8. The van der Waals surface area contributed by atoms with Crippen molar-refractivity contribution < 1.29 is 14.2 Å². The number of nitrogens with two attached hydrogens (primary N) is 1. The van der Waals surface area contributed by atoms with E-state index in [0.717, 1.165) is 48.5 Å². The van der Waals surface area contributed by atoms with Gasteiger partial charge in [0.2, 0.25) is 5.96 Å². The minimum absolute atomic E-state index is 0.269. The summed E-state index contributed by atoms with van der Waals surface area (Å²) in [6, 6.07) is 13.4. The SMILES string of the molecule is COc1cc(OC)cc(C2(N)N=C(Nc3ccc(OC4CCNCC4)cc3)NC=C2C)c1. The number of aliphatic imine (C=N–C) groups is 1. The second-order valence-electron chi connectivity index (χ2n) is 8.02. The predicted molar refractivity (Wildman–Crippen MR) is 126 cm³/mol. The quantitative estimate of drug-likeness (QED) is 0.551. The summed E-state index contributed by atoms with van der Waals surface area (Å²) in [7, 11) is 3.23. The van der Waals surface area contributed by atoms with Gasteiger partial charge in [-0.25, -0.2) is 4.99 Å². The molecular formula is C24H31N5O3. The first-order valence-corrected chi connectivity index (χ1v) is 10.8. The molecule has 2 aromatic rings. The van der Waals surface area contributed by atoms with Gasteiger partial charge < -0.3 is 30.2 Å². The molecule has 0 aromatic heterocycles. The molecule has 4 rings (SSSR count). The molecule has 8 nitrogen and oxygen atoms in total. The molecule has 1 unspecified atom stereocenters. The topological polar surface area (TPSA) is 102 Å². The van der Waals surface area contributed by atoms with Crippen molar-refractivity contribution in [3.8, 4) is 17.2 Å². The minimum atomic E-state index is -1.06. The van der Waals surface area contributed by atoms with Crippen LogP contribution >= 0.6 is 0 Å². The van der Waals surface area contributed by atoms with Crippen molar-refractivity contribution in [2.45, 2.75) is 31.5 Å². The Labute approximate surface area is 188 Å². The zero-order chi connectivity index (χ0) is 22.6. The Morgan fingerprint density at radius 1 is 1.00 bits per heavy atom. The normalized spacial score (nSPS) is 21.1. The molecule has 1 atom stereocenters. The Bertz CT molecular complexity index is 977. The van der Waals surface area contributed by atoms with E-state index in [-0.39, 0.29) is 6.10 Å². The van der Waals surface area contributed by atoms with Gasteiger partial charge in [-0.1, -0.05) is 0 Å². The summed E-state index contributed by atoms with van der Waals surface area (Å²) in [5.74, 6) is 2.73. The van der Waals surface area contributed by atoms with Gasteiger partial charge in [0.25, 0.3) is 0 Å². The van der Waals surface area contributed by atoms with Gasteiger partial charge >= 0.3 is 0 Å². The summed E-state index contributed by atoms with van der Waals surface area (Å²) in [5.41, 5.74) is 8.23. The van der Waals surface area contributed by atoms with E-state index in [1.807, 2.05) is 55.6 Å². The van der Waals surface area contributed by atoms with Crippen molar-refractivity contribution >= 4 is 11.6 Å². The van der Waals surface area contributed by atoms with Crippen LogP contribution in [0.2, 0.25) is 0 Å². The highest BCUT2D eigenvalue weighted by Gasteiger charge is 2.33. The number of nitrogens with one attached hydrogen (secondary N) is 3. The number of nitrogens with zero attached hydrogens (tertiary/aromatic N) is 1. The standard InChI is InChI=1S/C24H31N5O3/c1-16-15-27-23(29-24(16,25)17-12-21(30-2)14-22(13-17)31-3)28-18-4-6-19(7-5-18)32-20-8-10-26-11-9-20/h4-7,12-15,20,26H,8-11,25H2,1-3H3,(H2,27,28,29). The molecule has 2 aliphatic heterocycles. The van der Waals surface area contributed by atoms with Gasteiger partial charge in [-0.3, -0.25) is 5.73 Å². The third-order valence-corrected chi connectivity index (χ3v) is 5.81. The molecule has 1 saturated heterocycles. The summed E-state index contributed by atoms with van der Waals surface area (Å²) < 4.78 is 16.9. The Morgan fingerprint density at radius 3 is 2.28 bits per heavy atom. The number of piperidine rings is 1. The first-order chi connectivity index (χ1) is 15.5. The smallest absolute Gasteiger partial charge is 0.202 e. The lowest BCUT2D eigenvalue weighted by atomic mass is 9.92. The van der Waals surface area contributed by atoms with E-state index >= 15 is 0 Å². The molecule has 0 saturated carbocycles. The molecule has 8 heteroatoms. The third kappa shape index (κ3) is 4.81. The van der Waals surface area contributed by atoms with Crippen LogP contribution in [0.4, 0.5) is 5.69 Å². The zero-order valence-corrected chi connectivity index (χ0v) is 18.8. The summed E-state index contributed by atoms with van der Waals surface area (Å²) >= 11 is 0. The van der Waals surface area contributed by atoms with Crippen molar-refractivity contribution in [2.75, 3.05) is 32.6 Å².